The number of aliphatic hydroxyl groups excluding tert-OH is 2. The van der Waals surface area contributed by atoms with Gasteiger partial charge >= 0.3 is 5.97 Å². The zero-order valence-corrected chi connectivity index (χ0v) is 9.56. The molecule has 0 aliphatic rings. The highest BCUT2D eigenvalue weighted by atomic mass is 19.1. The molecule has 0 radical (unpaired) electrons. The monoisotopic (exact) mass is 261 g/mol. The molecule has 4 N–H and O–H groups in total. The molecule has 0 amide bonds. The summed E-state index contributed by atoms with van der Waals surface area (Å²) in [6.07, 6.45) is -4.19. The minimum absolute atomic E-state index is 0.365. The lowest BCUT2D eigenvalue weighted by molar-refractivity contribution is -0.144. The van der Waals surface area contributed by atoms with Crippen LogP contribution in [0, 0.1) is 11.6 Å². The first kappa shape index (κ1) is 14.3. The van der Waals surface area contributed by atoms with Crippen LogP contribution >= 0.6 is 0 Å². The SMILES string of the molecule is COC(=O)CC(O)C(O)c1c(F)ccc(N)c1F. The van der Waals surface area contributed by atoms with E-state index < -0.39 is 41.8 Å². The molecule has 1 rings (SSSR count). The Hall–Kier alpha value is -1.73. The summed E-state index contributed by atoms with van der Waals surface area (Å²) < 4.78 is 31.2. The molecule has 100 valence electrons. The first-order valence-electron chi connectivity index (χ1n) is 5.04. The minimum Gasteiger partial charge on any atom is -0.469 e. The largest absolute Gasteiger partial charge is 0.469 e. The summed E-state index contributed by atoms with van der Waals surface area (Å²) in [5.74, 6) is -3.03. The number of carbonyl (C=O) groups excluding carboxylic acids is 1. The number of hydrogen-bond donors (Lipinski definition) is 3. The zero-order chi connectivity index (χ0) is 13.9. The van der Waals surface area contributed by atoms with E-state index in [1.165, 1.54) is 0 Å². The van der Waals surface area contributed by atoms with Crippen molar-refractivity contribution in [3.05, 3.63) is 29.3 Å². The third-order valence-electron chi connectivity index (χ3n) is 2.42. The molecular formula is C11H13F2NO4. The fraction of sp³-hybridized carbons (Fsp3) is 0.364. The number of esters is 1. The Kier molecular flexibility index (Phi) is 4.57. The van der Waals surface area contributed by atoms with Crippen LogP contribution in [0.5, 0.6) is 0 Å². The minimum atomic E-state index is -1.91. The maximum absolute atomic E-state index is 13.5. The quantitative estimate of drug-likeness (QED) is 0.542. The Morgan fingerprint density at radius 2 is 2.06 bits per heavy atom. The number of halogens is 2. The lowest BCUT2D eigenvalue weighted by Crippen LogP contribution is -2.24. The van der Waals surface area contributed by atoms with E-state index in [1.54, 1.807) is 0 Å². The van der Waals surface area contributed by atoms with Crippen LogP contribution in [0.4, 0.5) is 14.5 Å². The van der Waals surface area contributed by atoms with Crippen molar-refractivity contribution in [3.8, 4) is 0 Å². The maximum Gasteiger partial charge on any atom is 0.308 e. The molecule has 0 fully saturated rings. The van der Waals surface area contributed by atoms with Crippen molar-refractivity contribution in [3.63, 3.8) is 0 Å². The molecule has 0 spiro atoms. The number of anilines is 1. The highest BCUT2D eigenvalue weighted by Gasteiger charge is 2.28. The lowest BCUT2D eigenvalue weighted by atomic mass is 10.0. The number of nitrogen functional groups attached to an aromatic ring is 1. The summed E-state index contributed by atoms with van der Waals surface area (Å²) in [6.45, 7) is 0. The summed E-state index contributed by atoms with van der Waals surface area (Å²) in [4.78, 5) is 10.9. The van der Waals surface area contributed by atoms with Gasteiger partial charge in [-0.15, -0.1) is 0 Å². The van der Waals surface area contributed by atoms with Crippen LogP contribution in [0.1, 0.15) is 18.1 Å². The molecule has 7 heteroatoms. The Morgan fingerprint density at radius 1 is 1.44 bits per heavy atom. The molecule has 1 aromatic carbocycles. The molecular weight excluding hydrogens is 248 g/mol. The molecule has 1 aromatic rings. The topological polar surface area (TPSA) is 92.8 Å². The van der Waals surface area contributed by atoms with Gasteiger partial charge in [-0.3, -0.25) is 4.79 Å². The third kappa shape index (κ3) is 2.93. The van der Waals surface area contributed by atoms with Gasteiger partial charge in [0.25, 0.3) is 0 Å². The second-order valence-electron chi connectivity index (χ2n) is 3.66. The summed E-state index contributed by atoms with van der Waals surface area (Å²) in [5, 5.41) is 19.1. The van der Waals surface area contributed by atoms with Gasteiger partial charge in [-0.05, 0) is 12.1 Å². The van der Waals surface area contributed by atoms with E-state index in [-0.39, 0.29) is 5.69 Å². The number of aliphatic hydroxyl groups is 2. The van der Waals surface area contributed by atoms with Crippen molar-refractivity contribution in [2.45, 2.75) is 18.6 Å². The van der Waals surface area contributed by atoms with Crippen molar-refractivity contribution in [1.82, 2.24) is 0 Å². The number of nitrogens with two attached hydrogens (primary N) is 1. The average molecular weight is 261 g/mol. The molecule has 0 aliphatic carbocycles. The first-order chi connectivity index (χ1) is 8.38. The number of carbonyl (C=O) groups is 1. The van der Waals surface area contributed by atoms with E-state index in [0.29, 0.717) is 0 Å². The van der Waals surface area contributed by atoms with Gasteiger partial charge in [0.1, 0.15) is 11.9 Å². The Morgan fingerprint density at radius 3 is 2.61 bits per heavy atom. The Bertz CT molecular complexity index is 453. The highest BCUT2D eigenvalue weighted by molar-refractivity contribution is 5.69. The summed E-state index contributed by atoms with van der Waals surface area (Å²) in [6, 6.07) is 1.86. The normalized spacial score (nSPS) is 14.1. The summed E-state index contributed by atoms with van der Waals surface area (Å²) in [7, 11) is 1.09. The van der Waals surface area contributed by atoms with Gasteiger partial charge in [-0.1, -0.05) is 0 Å². The molecule has 0 bridgehead atoms. The number of ether oxygens (including phenoxy) is 1. The van der Waals surface area contributed by atoms with Crippen LogP contribution in [-0.4, -0.2) is 29.4 Å². The molecule has 0 aliphatic heterocycles. The first-order valence-corrected chi connectivity index (χ1v) is 5.04. The van der Waals surface area contributed by atoms with E-state index >= 15 is 0 Å². The van der Waals surface area contributed by atoms with Gasteiger partial charge in [0, 0.05) is 0 Å². The van der Waals surface area contributed by atoms with Crippen molar-refractivity contribution < 1.29 is 28.5 Å². The molecule has 0 saturated carbocycles. The molecule has 0 saturated heterocycles. The third-order valence-corrected chi connectivity index (χ3v) is 2.42. The standard InChI is InChI=1S/C11H13F2NO4/c1-18-8(16)4-7(15)11(17)9-5(12)2-3-6(14)10(9)13/h2-3,7,11,15,17H,4,14H2,1H3. The van der Waals surface area contributed by atoms with Crippen LogP contribution in [0.15, 0.2) is 12.1 Å². The zero-order valence-electron chi connectivity index (χ0n) is 9.56. The number of benzene rings is 1. The fourth-order valence-electron chi connectivity index (χ4n) is 1.42. The Labute approximate surface area is 102 Å². The van der Waals surface area contributed by atoms with E-state index in [1.807, 2.05) is 0 Å². The highest BCUT2D eigenvalue weighted by Crippen LogP contribution is 2.28. The summed E-state index contributed by atoms with van der Waals surface area (Å²) in [5.41, 5.74) is 4.09. The number of methoxy groups -OCH3 is 1. The second-order valence-corrected chi connectivity index (χ2v) is 3.66. The van der Waals surface area contributed by atoms with Crippen LogP contribution in [0.2, 0.25) is 0 Å². The van der Waals surface area contributed by atoms with Crippen LogP contribution < -0.4 is 5.73 Å². The fourth-order valence-corrected chi connectivity index (χ4v) is 1.42. The van der Waals surface area contributed by atoms with E-state index in [4.69, 9.17) is 5.73 Å². The molecule has 2 unspecified atom stereocenters. The van der Waals surface area contributed by atoms with Crippen molar-refractivity contribution in [2.75, 3.05) is 12.8 Å². The summed E-state index contributed by atoms with van der Waals surface area (Å²) >= 11 is 0. The molecule has 0 aromatic heterocycles. The van der Waals surface area contributed by atoms with Gasteiger partial charge in [0.2, 0.25) is 0 Å². The van der Waals surface area contributed by atoms with Gasteiger partial charge < -0.3 is 20.7 Å². The average Bonchev–Trinajstić information content (AvgIpc) is 2.33. The van der Waals surface area contributed by atoms with Crippen molar-refractivity contribution in [1.29, 1.82) is 0 Å². The van der Waals surface area contributed by atoms with E-state index in [0.717, 1.165) is 19.2 Å². The van der Waals surface area contributed by atoms with Crippen molar-refractivity contribution >= 4 is 11.7 Å². The smallest absolute Gasteiger partial charge is 0.308 e. The van der Waals surface area contributed by atoms with Crippen molar-refractivity contribution in [2.24, 2.45) is 0 Å². The van der Waals surface area contributed by atoms with Gasteiger partial charge in [0.15, 0.2) is 5.82 Å². The van der Waals surface area contributed by atoms with Gasteiger partial charge in [0.05, 0.1) is 30.9 Å². The number of hydrogen-bond acceptors (Lipinski definition) is 5. The van der Waals surface area contributed by atoms with Gasteiger partial charge in [-0.25, -0.2) is 8.78 Å². The molecule has 0 heterocycles. The van der Waals surface area contributed by atoms with Crippen LogP contribution in [0.25, 0.3) is 0 Å². The van der Waals surface area contributed by atoms with Gasteiger partial charge in [-0.2, -0.15) is 0 Å². The molecule has 2 atom stereocenters. The van der Waals surface area contributed by atoms with Crippen LogP contribution in [0.3, 0.4) is 0 Å². The van der Waals surface area contributed by atoms with E-state index in [2.05, 4.69) is 4.74 Å². The predicted molar refractivity (Wildman–Crippen MR) is 58.4 cm³/mol. The predicted octanol–water partition coefficient (Wildman–Crippen LogP) is 0.504. The Balaban J connectivity index is 3.00. The van der Waals surface area contributed by atoms with Crippen LogP contribution in [-0.2, 0) is 9.53 Å². The molecule has 5 nitrogen and oxygen atoms in total. The second kappa shape index (κ2) is 5.74. The molecule has 18 heavy (non-hydrogen) atoms. The maximum atomic E-state index is 13.5. The number of rotatable bonds is 4. The van der Waals surface area contributed by atoms with E-state index in [9.17, 15) is 23.8 Å². The lowest BCUT2D eigenvalue weighted by Gasteiger charge is -2.18.